The molecule has 2 N–H and O–H groups in total. The van der Waals surface area contributed by atoms with E-state index in [4.69, 9.17) is 4.74 Å². The lowest BCUT2D eigenvalue weighted by atomic mass is 9.73. The summed E-state index contributed by atoms with van der Waals surface area (Å²) in [7, 11) is 1.50. The average Bonchev–Trinajstić information content (AvgIpc) is 3.00. The van der Waals surface area contributed by atoms with E-state index in [0.29, 0.717) is 23.7 Å². The molecule has 1 aromatic carbocycles. The highest BCUT2D eigenvalue weighted by molar-refractivity contribution is 6.00. The fourth-order valence-electron chi connectivity index (χ4n) is 3.72. The van der Waals surface area contributed by atoms with Gasteiger partial charge in [-0.15, -0.1) is 0 Å². The highest BCUT2D eigenvalue weighted by atomic mass is 16.5. The van der Waals surface area contributed by atoms with Gasteiger partial charge in [-0.1, -0.05) is 19.9 Å². The molecule has 0 radical (unpaired) electrons. The minimum Gasteiger partial charge on any atom is -0.504 e. The van der Waals surface area contributed by atoms with Crippen molar-refractivity contribution in [3.63, 3.8) is 0 Å². The SMILES string of the molecule is COc1cc([C@H]2C3=C(CC(C)(C)CC3=O)Nc3ncnn32)ccc1O. The average molecular weight is 340 g/mol. The van der Waals surface area contributed by atoms with Crippen molar-refractivity contribution >= 4 is 11.7 Å². The maximum absolute atomic E-state index is 12.9. The van der Waals surface area contributed by atoms with Crippen LogP contribution in [0, 0.1) is 5.41 Å². The van der Waals surface area contributed by atoms with E-state index in [1.54, 1.807) is 22.9 Å². The number of aromatic hydroxyl groups is 1. The van der Waals surface area contributed by atoms with Crippen LogP contribution in [0.4, 0.5) is 5.95 Å². The van der Waals surface area contributed by atoms with Crippen LogP contribution >= 0.6 is 0 Å². The first-order valence-electron chi connectivity index (χ1n) is 8.19. The second-order valence-corrected chi connectivity index (χ2v) is 7.32. The van der Waals surface area contributed by atoms with Crippen molar-refractivity contribution in [3.8, 4) is 11.5 Å². The fourth-order valence-corrected chi connectivity index (χ4v) is 3.72. The first-order valence-corrected chi connectivity index (χ1v) is 8.19. The zero-order valence-corrected chi connectivity index (χ0v) is 14.4. The number of fused-ring (bicyclic) bond motifs is 1. The van der Waals surface area contributed by atoms with Gasteiger partial charge in [0.25, 0.3) is 0 Å². The molecule has 0 saturated heterocycles. The number of carbonyl (C=O) groups is 1. The van der Waals surface area contributed by atoms with Crippen molar-refractivity contribution in [2.75, 3.05) is 12.4 Å². The van der Waals surface area contributed by atoms with Crippen LogP contribution in [-0.2, 0) is 4.79 Å². The van der Waals surface area contributed by atoms with E-state index in [0.717, 1.165) is 17.7 Å². The molecular formula is C18H20N4O3. The van der Waals surface area contributed by atoms with Crippen molar-refractivity contribution in [1.29, 1.82) is 0 Å². The monoisotopic (exact) mass is 340 g/mol. The summed E-state index contributed by atoms with van der Waals surface area (Å²) in [6, 6.07) is 4.72. The van der Waals surface area contributed by atoms with Crippen LogP contribution in [0.5, 0.6) is 11.5 Å². The van der Waals surface area contributed by atoms with Crippen LogP contribution in [-0.4, -0.2) is 32.8 Å². The molecule has 7 nitrogen and oxygen atoms in total. The molecule has 25 heavy (non-hydrogen) atoms. The van der Waals surface area contributed by atoms with Gasteiger partial charge < -0.3 is 15.2 Å². The zero-order chi connectivity index (χ0) is 17.8. The van der Waals surface area contributed by atoms with E-state index >= 15 is 0 Å². The van der Waals surface area contributed by atoms with Crippen molar-refractivity contribution in [1.82, 2.24) is 14.8 Å². The summed E-state index contributed by atoms with van der Waals surface area (Å²) in [5, 5.41) is 17.5. The summed E-state index contributed by atoms with van der Waals surface area (Å²) in [6.07, 6.45) is 2.73. The van der Waals surface area contributed by atoms with Crippen LogP contribution in [0.25, 0.3) is 0 Å². The summed E-state index contributed by atoms with van der Waals surface area (Å²) in [6.45, 7) is 4.18. The molecule has 0 amide bonds. The summed E-state index contributed by atoms with van der Waals surface area (Å²) in [4.78, 5) is 17.2. The molecule has 1 aliphatic carbocycles. The van der Waals surface area contributed by atoms with Crippen molar-refractivity contribution in [2.45, 2.75) is 32.7 Å². The van der Waals surface area contributed by atoms with E-state index in [9.17, 15) is 9.90 Å². The Morgan fingerprint density at radius 3 is 2.92 bits per heavy atom. The second-order valence-electron chi connectivity index (χ2n) is 7.32. The predicted octanol–water partition coefficient (Wildman–Crippen LogP) is 2.65. The molecule has 130 valence electrons. The summed E-state index contributed by atoms with van der Waals surface area (Å²) in [5.74, 6) is 1.14. The van der Waals surface area contributed by atoms with Crippen LogP contribution in [0.15, 0.2) is 35.8 Å². The molecule has 1 aromatic heterocycles. The Balaban J connectivity index is 1.90. The Morgan fingerprint density at radius 2 is 2.16 bits per heavy atom. The van der Waals surface area contributed by atoms with E-state index < -0.39 is 0 Å². The zero-order valence-electron chi connectivity index (χ0n) is 14.4. The molecule has 2 aromatic rings. The molecule has 0 bridgehead atoms. The van der Waals surface area contributed by atoms with Gasteiger partial charge in [-0.25, -0.2) is 4.68 Å². The number of Topliss-reactive ketones (excluding diaryl/α,β-unsaturated/α-hetero) is 1. The molecule has 0 unspecified atom stereocenters. The largest absolute Gasteiger partial charge is 0.504 e. The lowest BCUT2D eigenvalue weighted by Crippen LogP contribution is -2.36. The number of phenolic OH excluding ortho intramolecular Hbond substituents is 1. The number of carbonyl (C=O) groups excluding carboxylic acids is 1. The minimum atomic E-state index is -0.383. The molecule has 7 heteroatoms. The van der Waals surface area contributed by atoms with Crippen LogP contribution in [0.1, 0.15) is 38.3 Å². The lowest BCUT2D eigenvalue weighted by Gasteiger charge is -2.38. The second kappa shape index (κ2) is 5.34. The molecular weight excluding hydrogens is 320 g/mol. The number of hydrogen-bond donors (Lipinski definition) is 2. The fraction of sp³-hybridized carbons (Fsp3) is 0.389. The number of methoxy groups -OCH3 is 1. The van der Waals surface area contributed by atoms with Gasteiger partial charge in [-0.2, -0.15) is 10.1 Å². The molecule has 0 spiro atoms. The lowest BCUT2D eigenvalue weighted by molar-refractivity contribution is -0.118. The highest BCUT2D eigenvalue weighted by Crippen LogP contribution is 2.45. The molecule has 2 aliphatic rings. The number of allylic oxidation sites excluding steroid dienone is 2. The standard InChI is InChI=1S/C18H20N4O3/c1-18(2)7-11-15(13(24)8-18)16(22-17(21-11)19-9-20-22)10-4-5-12(23)14(6-10)25-3/h4-6,9,16,23H,7-8H2,1-3H3,(H,19,20,21)/t16-/m0/s1. The van der Waals surface area contributed by atoms with Crippen LogP contribution in [0.3, 0.4) is 0 Å². The highest BCUT2D eigenvalue weighted by Gasteiger charge is 2.41. The number of hydrogen-bond acceptors (Lipinski definition) is 6. The third-order valence-corrected chi connectivity index (χ3v) is 4.79. The molecule has 4 rings (SSSR count). The summed E-state index contributed by atoms with van der Waals surface area (Å²) in [5.41, 5.74) is 2.34. The number of rotatable bonds is 2. The molecule has 1 aliphatic heterocycles. The van der Waals surface area contributed by atoms with E-state index in [1.807, 2.05) is 0 Å². The number of ether oxygens (including phenoxy) is 1. The van der Waals surface area contributed by atoms with Gasteiger partial charge in [0.1, 0.15) is 12.4 Å². The number of benzene rings is 1. The minimum absolute atomic E-state index is 0.0595. The Hall–Kier alpha value is -2.83. The van der Waals surface area contributed by atoms with Gasteiger partial charge in [0, 0.05) is 17.7 Å². The summed E-state index contributed by atoms with van der Waals surface area (Å²) >= 11 is 0. The van der Waals surface area contributed by atoms with Gasteiger partial charge in [-0.05, 0) is 29.5 Å². The van der Waals surface area contributed by atoms with E-state index in [1.165, 1.54) is 13.4 Å². The molecule has 0 saturated carbocycles. The Kier molecular flexibility index (Phi) is 3.35. The number of phenols is 1. The predicted molar refractivity (Wildman–Crippen MR) is 91.5 cm³/mol. The van der Waals surface area contributed by atoms with Crippen LogP contribution < -0.4 is 10.1 Å². The number of nitrogens with one attached hydrogen (secondary N) is 1. The smallest absolute Gasteiger partial charge is 0.226 e. The van der Waals surface area contributed by atoms with Crippen molar-refractivity contribution < 1.29 is 14.6 Å². The third-order valence-electron chi connectivity index (χ3n) is 4.79. The number of anilines is 1. The first-order chi connectivity index (χ1) is 11.9. The third kappa shape index (κ3) is 2.47. The number of ketones is 1. The Morgan fingerprint density at radius 1 is 1.36 bits per heavy atom. The van der Waals surface area contributed by atoms with Gasteiger partial charge in [0.2, 0.25) is 5.95 Å². The Bertz CT molecular complexity index is 897. The molecule has 0 fully saturated rings. The van der Waals surface area contributed by atoms with Gasteiger partial charge >= 0.3 is 0 Å². The van der Waals surface area contributed by atoms with Gasteiger partial charge in [0.05, 0.1) is 7.11 Å². The van der Waals surface area contributed by atoms with Gasteiger partial charge in [-0.3, -0.25) is 4.79 Å². The maximum Gasteiger partial charge on any atom is 0.226 e. The first kappa shape index (κ1) is 15.7. The molecule has 2 heterocycles. The van der Waals surface area contributed by atoms with Crippen molar-refractivity contribution in [2.24, 2.45) is 5.41 Å². The maximum atomic E-state index is 12.9. The normalized spacial score (nSPS) is 21.4. The van der Waals surface area contributed by atoms with Crippen molar-refractivity contribution in [3.05, 3.63) is 41.4 Å². The van der Waals surface area contributed by atoms with E-state index in [2.05, 4.69) is 29.2 Å². The van der Waals surface area contributed by atoms with E-state index in [-0.39, 0.29) is 23.0 Å². The number of aromatic nitrogens is 3. The van der Waals surface area contributed by atoms with Gasteiger partial charge in [0.15, 0.2) is 17.3 Å². The topological polar surface area (TPSA) is 89.3 Å². The molecule has 1 atom stereocenters. The summed E-state index contributed by atoms with van der Waals surface area (Å²) < 4.78 is 6.94. The Labute approximate surface area is 145 Å². The quantitative estimate of drug-likeness (QED) is 0.874. The number of nitrogens with zero attached hydrogens (tertiary/aromatic N) is 3. The van der Waals surface area contributed by atoms with Crippen LogP contribution in [0.2, 0.25) is 0 Å².